The molecule has 1 N–H and O–H groups in total. The number of aromatic nitrogens is 1. The summed E-state index contributed by atoms with van der Waals surface area (Å²) >= 11 is 11.7. The number of amides is 1. The Morgan fingerprint density at radius 2 is 2.05 bits per heavy atom. The number of aryl methyl sites for hydroxylation is 1. The number of carbonyl (C=O) groups is 1. The van der Waals surface area contributed by atoms with Crippen LogP contribution in [0.2, 0.25) is 10.0 Å². The van der Waals surface area contributed by atoms with Gasteiger partial charge < -0.3 is 5.32 Å². The number of anilines is 1. The van der Waals surface area contributed by atoms with Crippen LogP contribution in [0.15, 0.2) is 30.5 Å². The molecule has 0 aliphatic carbocycles. The summed E-state index contributed by atoms with van der Waals surface area (Å²) in [6.07, 6.45) is 1.53. The van der Waals surface area contributed by atoms with Gasteiger partial charge in [-0.3, -0.25) is 14.9 Å². The van der Waals surface area contributed by atoms with Gasteiger partial charge in [0.05, 0.1) is 20.5 Å². The number of nitro groups is 1. The van der Waals surface area contributed by atoms with Crippen molar-refractivity contribution in [2.24, 2.45) is 0 Å². The molecule has 0 atom stereocenters. The Labute approximate surface area is 129 Å². The molecule has 6 nitrogen and oxygen atoms in total. The maximum absolute atomic E-state index is 12.2. The zero-order valence-electron chi connectivity index (χ0n) is 10.8. The fourth-order valence-corrected chi connectivity index (χ4v) is 2.04. The lowest BCUT2D eigenvalue weighted by atomic mass is 10.2. The highest BCUT2D eigenvalue weighted by molar-refractivity contribution is 6.44. The first-order valence-corrected chi connectivity index (χ1v) is 6.51. The van der Waals surface area contributed by atoms with Gasteiger partial charge >= 0.3 is 0 Å². The van der Waals surface area contributed by atoms with Crippen molar-refractivity contribution in [2.45, 2.75) is 6.92 Å². The van der Waals surface area contributed by atoms with Gasteiger partial charge in [-0.05, 0) is 24.6 Å². The van der Waals surface area contributed by atoms with Gasteiger partial charge in [-0.25, -0.2) is 4.98 Å². The maximum Gasteiger partial charge on any atom is 0.271 e. The van der Waals surface area contributed by atoms with Crippen molar-refractivity contribution in [3.63, 3.8) is 0 Å². The van der Waals surface area contributed by atoms with Crippen LogP contribution >= 0.6 is 23.2 Å². The van der Waals surface area contributed by atoms with Crippen LogP contribution < -0.4 is 5.32 Å². The van der Waals surface area contributed by atoms with Gasteiger partial charge in [-0.15, -0.1) is 0 Å². The molecular weight excluding hydrogens is 317 g/mol. The monoisotopic (exact) mass is 325 g/mol. The van der Waals surface area contributed by atoms with Crippen LogP contribution in [0.1, 0.15) is 15.9 Å². The van der Waals surface area contributed by atoms with Gasteiger partial charge in [0.15, 0.2) is 0 Å². The molecule has 0 bridgehead atoms. The first-order chi connectivity index (χ1) is 9.88. The van der Waals surface area contributed by atoms with E-state index in [1.807, 2.05) is 6.92 Å². The Balaban J connectivity index is 2.37. The number of non-ortho nitro benzene ring substituents is 1. The molecular formula is C13H9Cl2N3O3. The topological polar surface area (TPSA) is 85.1 Å². The minimum absolute atomic E-state index is 0.0487. The second kappa shape index (κ2) is 6.07. The molecule has 1 heterocycles. The van der Waals surface area contributed by atoms with E-state index >= 15 is 0 Å². The minimum atomic E-state index is -0.649. The Morgan fingerprint density at radius 1 is 1.33 bits per heavy atom. The predicted octanol–water partition coefficient (Wildman–Crippen LogP) is 3.86. The maximum atomic E-state index is 12.2. The van der Waals surface area contributed by atoms with Gasteiger partial charge in [0, 0.05) is 18.3 Å². The number of hydrogen-bond acceptors (Lipinski definition) is 4. The summed E-state index contributed by atoms with van der Waals surface area (Å²) in [6.45, 7) is 1.84. The number of hydrogen-bond donors (Lipinski definition) is 1. The Hall–Kier alpha value is -2.18. The van der Waals surface area contributed by atoms with Crippen molar-refractivity contribution in [2.75, 3.05) is 5.32 Å². The van der Waals surface area contributed by atoms with E-state index in [2.05, 4.69) is 10.3 Å². The third-order valence-electron chi connectivity index (χ3n) is 2.63. The molecule has 2 rings (SSSR count). The first-order valence-electron chi connectivity index (χ1n) is 5.76. The van der Waals surface area contributed by atoms with Crippen LogP contribution in [0, 0.1) is 17.0 Å². The molecule has 1 aromatic heterocycles. The lowest BCUT2D eigenvalue weighted by Crippen LogP contribution is -2.14. The summed E-state index contributed by atoms with van der Waals surface area (Å²) in [5.74, 6) is -0.303. The molecule has 0 unspecified atom stereocenters. The molecule has 0 spiro atoms. The lowest BCUT2D eigenvalue weighted by Gasteiger charge is -2.07. The molecule has 8 heteroatoms. The third-order valence-corrected chi connectivity index (χ3v) is 3.43. The van der Waals surface area contributed by atoms with Crippen molar-refractivity contribution >= 4 is 40.6 Å². The lowest BCUT2D eigenvalue weighted by molar-refractivity contribution is -0.384. The average Bonchev–Trinajstić information content (AvgIpc) is 2.41. The molecule has 0 fully saturated rings. The molecule has 0 aliphatic rings. The van der Waals surface area contributed by atoms with Crippen LogP contribution in [0.5, 0.6) is 0 Å². The highest BCUT2D eigenvalue weighted by atomic mass is 35.5. The molecule has 0 aliphatic heterocycles. The molecule has 0 radical (unpaired) electrons. The summed E-state index contributed by atoms with van der Waals surface area (Å²) in [7, 11) is 0. The van der Waals surface area contributed by atoms with Gasteiger partial charge in [-0.1, -0.05) is 23.2 Å². The molecule has 1 aromatic carbocycles. The van der Waals surface area contributed by atoms with Gasteiger partial charge in [0.2, 0.25) is 0 Å². The Kier molecular flexibility index (Phi) is 4.40. The normalized spacial score (nSPS) is 10.2. The number of nitrogens with zero attached hydrogens (tertiary/aromatic N) is 2. The molecule has 21 heavy (non-hydrogen) atoms. The van der Waals surface area contributed by atoms with Crippen molar-refractivity contribution in [1.29, 1.82) is 0 Å². The minimum Gasteiger partial charge on any atom is -0.307 e. The van der Waals surface area contributed by atoms with E-state index in [1.165, 1.54) is 6.20 Å². The second-order valence-electron chi connectivity index (χ2n) is 4.22. The fourth-order valence-electron chi connectivity index (χ4n) is 1.63. The van der Waals surface area contributed by atoms with Crippen molar-refractivity contribution in [3.8, 4) is 0 Å². The van der Waals surface area contributed by atoms with E-state index < -0.39 is 10.8 Å². The second-order valence-corrected chi connectivity index (χ2v) is 5.00. The van der Waals surface area contributed by atoms with E-state index in [9.17, 15) is 14.9 Å². The molecule has 1 amide bonds. The Bertz CT molecular complexity index is 735. The van der Waals surface area contributed by atoms with E-state index in [-0.39, 0.29) is 21.3 Å². The summed E-state index contributed by atoms with van der Waals surface area (Å²) < 4.78 is 0. The van der Waals surface area contributed by atoms with Crippen molar-refractivity contribution in [1.82, 2.24) is 4.98 Å². The molecule has 0 saturated heterocycles. The fraction of sp³-hybridized carbons (Fsp3) is 0.0769. The van der Waals surface area contributed by atoms with Crippen LogP contribution in [-0.2, 0) is 0 Å². The number of nitro benzene ring substituents is 1. The summed E-state index contributed by atoms with van der Waals surface area (Å²) in [5.41, 5.74) is 0.509. The number of nitrogens with one attached hydrogen (secondary N) is 1. The van der Waals surface area contributed by atoms with E-state index in [4.69, 9.17) is 23.2 Å². The number of pyridine rings is 1. The quantitative estimate of drug-likeness (QED) is 0.685. The number of benzene rings is 1. The van der Waals surface area contributed by atoms with E-state index in [0.29, 0.717) is 5.82 Å². The van der Waals surface area contributed by atoms with E-state index in [1.54, 1.807) is 12.1 Å². The van der Waals surface area contributed by atoms with Crippen LogP contribution in [0.3, 0.4) is 0 Å². The number of rotatable bonds is 3. The molecule has 2 aromatic rings. The highest BCUT2D eigenvalue weighted by Crippen LogP contribution is 2.31. The van der Waals surface area contributed by atoms with Crippen LogP contribution in [0.4, 0.5) is 11.5 Å². The third kappa shape index (κ3) is 3.48. The van der Waals surface area contributed by atoms with Crippen LogP contribution in [-0.4, -0.2) is 15.8 Å². The van der Waals surface area contributed by atoms with Crippen molar-refractivity contribution in [3.05, 3.63) is 61.7 Å². The largest absolute Gasteiger partial charge is 0.307 e. The van der Waals surface area contributed by atoms with Crippen LogP contribution in [0.25, 0.3) is 0 Å². The van der Waals surface area contributed by atoms with Gasteiger partial charge in [0.1, 0.15) is 5.82 Å². The summed E-state index contributed by atoms with van der Waals surface area (Å²) in [4.78, 5) is 26.3. The highest BCUT2D eigenvalue weighted by Gasteiger charge is 2.19. The van der Waals surface area contributed by atoms with Crippen molar-refractivity contribution < 1.29 is 9.72 Å². The SMILES string of the molecule is Cc1ccnc(NC(=O)c2cc([N+](=O)[O-])cc(Cl)c2Cl)c1. The smallest absolute Gasteiger partial charge is 0.271 e. The zero-order chi connectivity index (χ0) is 15.6. The van der Waals surface area contributed by atoms with Gasteiger partial charge in [0.25, 0.3) is 11.6 Å². The standard InChI is InChI=1S/C13H9Cl2N3O3/c1-7-2-3-16-11(4-7)17-13(19)9-5-8(18(20)21)6-10(14)12(9)15/h2-6H,1H3,(H,16,17,19). The average molecular weight is 326 g/mol. The predicted molar refractivity (Wildman–Crippen MR) is 80.0 cm³/mol. The summed E-state index contributed by atoms with van der Waals surface area (Å²) in [5, 5.41) is 13.2. The Morgan fingerprint density at radius 3 is 2.67 bits per heavy atom. The zero-order valence-corrected chi connectivity index (χ0v) is 12.3. The summed E-state index contributed by atoms with van der Waals surface area (Å²) in [6, 6.07) is 5.59. The van der Waals surface area contributed by atoms with Gasteiger partial charge in [-0.2, -0.15) is 0 Å². The van der Waals surface area contributed by atoms with E-state index in [0.717, 1.165) is 17.7 Å². The number of carbonyl (C=O) groups excluding carboxylic acids is 1. The number of halogens is 2. The molecule has 108 valence electrons. The first kappa shape index (κ1) is 15.2. The molecule has 0 saturated carbocycles.